The van der Waals surface area contributed by atoms with E-state index in [1.54, 1.807) is 19.9 Å². The first-order valence-corrected chi connectivity index (χ1v) is 8.91. The Morgan fingerprint density at radius 1 is 1.21 bits per heavy atom. The smallest absolute Gasteiger partial charge is 0.374 e. The number of carbonyl (C=O) groups is 1. The third-order valence-electron chi connectivity index (χ3n) is 5.02. The van der Waals surface area contributed by atoms with E-state index in [4.69, 9.17) is 10.6 Å². The van der Waals surface area contributed by atoms with Crippen molar-refractivity contribution in [2.24, 2.45) is 10.9 Å². The zero-order chi connectivity index (χ0) is 20.7. The van der Waals surface area contributed by atoms with Crippen molar-refractivity contribution >= 4 is 11.6 Å². The molecule has 1 aliphatic rings. The fourth-order valence-electron chi connectivity index (χ4n) is 3.48. The monoisotopic (exact) mass is 390 g/mol. The van der Waals surface area contributed by atoms with Gasteiger partial charge in [-0.25, -0.2) is 0 Å². The van der Waals surface area contributed by atoms with Crippen molar-refractivity contribution in [3.8, 4) is 0 Å². The number of nitrogens with zero attached hydrogens (tertiary/aromatic N) is 1. The fraction of sp³-hybridized carbons (Fsp3) is 0.333. The highest BCUT2D eigenvalue weighted by Gasteiger charge is 2.62. The molecule has 2 aromatic carbocycles. The molecule has 2 N–H and O–H groups in total. The van der Waals surface area contributed by atoms with E-state index < -0.39 is 24.1 Å². The van der Waals surface area contributed by atoms with Crippen LogP contribution in [-0.4, -0.2) is 17.8 Å². The van der Waals surface area contributed by atoms with E-state index in [2.05, 4.69) is 5.16 Å². The number of hydrogen-bond donors (Lipinski definition) is 1. The van der Waals surface area contributed by atoms with Crippen LogP contribution >= 0.6 is 0 Å². The molecule has 0 radical (unpaired) electrons. The summed E-state index contributed by atoms with van der Waals surface area (Å²) in [6.45, 7) is 5.32. The van der Waals surface area contributed by atoms with Crippen LogP contribution in [0.2, 0.25) is 0 Å². The van der Waals surface area contributed by atoms with Gasteiger partial charge in [-0.05, 0) is 49.1 Å². The highest BCUT2D eigenvalue weighted by Crippen LogP contribution is 2.49. The molecule has 0 bridgehead atoms. The molecule has 0 aromatic heterocycles. The number of oxime groups is 1. The number of benzene rings is 2. The van der Waals surface area contributed by atoms with Crippen LogP contribution in [0.3, 0.4) is 0 Å². The Morgan fingerprint density at radius 3 is 2.50 bits per heavy atom. The maximum Gasteiger partial charge on any atom is 0.435 e. The fourth-order valence-corrected chi connectivity index (χ4v) is 3.48. The van der Waals surface area contributed by atoms with Crippen molar-refractivity contribution < 1.29 is 22.8 Å². The van der Waals surface area contributed by atoms with Gasteiger partial charge in [0.05, 0.1) is 5.71 Å². The first kappa shape index (κ1) is 19.9. The van der Waals surface area contributed by atoms with E-state index in [0.717, 1.165) is 11.1 Å². The van der Waals surface area contributed by atoms with Gasteiger partial charge in [-0.2, -0.15) is 13.2 Å². The molecule has 1 atom stereocenters. The number of rotatable bonds is 4. The van der Waals surface area contributed by atoms with Crippen LogP contribution in [0, 0.1) is 13.8 Å². The van der Waals surface area contributed by atoms with Gasteiger partial charge in [0, 0.05) is 17.5 Å². The van der Waals surface area contributed by atoms with Crippen LogP contribution in [-0.2, 0) is 16.9 Å². The number of primary amides is 1. The lowest BCUT2D eigenvalue weighted by atomic mass is 9.84. The molecular weight excluding hydrogens is 369 g/mol. The molecule has 0 saturated heterocycles. The van der Waals surface area contributed by atoms with Crippen LogP contribution in [0.1, 0.15) is 51.5 Å². The van der Waals surface area contributed by atoms with E-state index in [-0.39, 0.29) is 11.3 Å². The molecule has 0 aliphatic carbocycles. The van der Waals surface area contributed by atoms with Gasteiger partial charge >= 0.3 is 6.18 Å². The van der Waals surface area contributed by atoms with Crippen LogP contribution < -0.4 is 5.73 Å². The molecule has 4 nitrogen and oxygen atoms in total. The second-order valence-electron chi connectivity index (χ2n) is 7.09. The molecule has 1 heterocycles. The second-order valence-corrected chi connectivity index (χ2v) is 7.09. The minimum Gasteiger partial charge on any atom is -0.374 e. The number of nitrogens with two attached hydrogens (primary N) is 1. The van der Waals surface area contributed by atoms with Crippen LogP contribution in [0.4, 0.5) is 13.2 Å². The van der Waals surface area contributed by atoms with E-state index in [1.165, 1.54) is 24.3 Å². The lowest BCUT2D eigenvalue weighted by Crippen LogP contribution is -2.42. The Hall–Kier alpha value is -2.83. The van der Waals surface area contributed by atoms with E-state index in [1.807, 2.05) is 13.0 Å². The average molecular weight is 390 g/mol. The third kappa shape index (κ3) is 3.37. The predicted molar refractivity (Wildman–Crippen MR) is 100 cm³/mol. The van der Waals surface area contributed by atoms with Crippen LogP contribution in [0.5, 0.6) is 0 Å². The number of hydrogen-bond acceptors (Lipinski definition) is 3. The average Bonchev–Trinajstić information content (AvgIpc) is 3.07. The molecule has 3 rings (SSSR count). The second kappa shape index (κ2) is 6.96. The zero-order valence-electron chi connectivity index (χ0n) is 15.9. The Bertz CT molecular complexity index is 967. The quantitative estimate of drug-likeness (QED) is 0.833. The molecule has 0 saturated carbocycles. The van der Waals surface area contributed by atoms with Crippen molar-refractivity contribution in [1.29, 1.82) is 0 Å². The first-order valence-electron chi connectivity index (χ1n) is 8.91. The van der Waals surface area contributed by atoms with Gasteiger partial charge in [-0.15, -0.1) is 0 Å². The SMILES string of the molecule is CCc1cc(C)cc(C2(C(F)(F)F)CC(c3ccc(C(N)=O)c(C)c3)=NO2)c1. The molecule has 0 fully saturated rings. The van der Waals surface area contributed by atoms with Crippen molar-refractivity contribution in [3.63, 3.8) is 0 Å². The first-order chi connectivity index (χ1) is 13.1. The maximum atomic E-state index is 14.1. The van der Waals surface area contributed by atoms with E-state index in [0.29, 0.717) is 23.1 Å². The summed E-state index contributed by atoms with van der Waals surface area (Å²) in [5.74, 6) is -0.592. The summed E-state index contributed by atoms with van der Waals surface area (Å²) in [7, 11) is 0. The molecule has 28 heavy (non-hydrogen) atoms. The lowest BCUT2D eigenvalue weighted by molar-refractivity contribution is -0.275. The minimum atomic E-state index is -4.65. The molecule has 7 heteroatoms. The molecule has 2 aromatic rings. The van der Waals surface area contributed by atoms with Crippen molar-refractivity contribution in [3.05, 3.63) is 69.8 Å². The van der Waals surface area contributed by atoms with Gasteiger partial charge in [-0.3, -0.25) is 4.79 Å². The summed E-state index contributed by atoms with van der Waals surface area (Å²) in [6.07, 6.45) is -4.48. The van der Waals surface area contributed by atoms with Crippen molar-refractivity contribution in [2.75, 3.05) is 0 Å². The number of aryl methyl sites for hydroxylation is 3. The highest BCUT2D eigenvalue weighted by molar-refractivity contribution is 6.03. The van der Waals surface area contributed by atoms with Crippen molar-refractivity contribution in [1.82, 2.24) is 0 Å². The molecule has 0 spiro atoms. The molecule has 148 valence electrons. The Balaban J connectivity index is 2.03. The molecule has 1 aliphatic heterocycles. The summed E-state index contributed by atoms with van der Waals surface area (Å²) in [5, 5.41) is 3.78. The summed E-state index contributed by atoms with van der Waals surface area (Å²) >= 11 is 0. The van der Waals surface area contributed by atoms with Crippen LogP contribution in [0.25, 0.3) is 0 Å². The molecular formula is C21H21F3N2O2. The lowest BCUT2D eigenvalue weighted by Gasteiger charge is -2.30. The maximum absolute atomic E-state index is 14.1. The highest BCUT2D eigenvalue weighted by atomic mass is 19.4. The van der Waals surface area contributed by atoms with Gasteiger partial charge < -0.3 is 10.6 Å². The number of amides is 1. The third-order valence-corrected chi connectivity index (χ3v) is 5.02. The Labute approximate surface area is 161 Å². The number of halogens is 3. The summed E-state index contributed by atoms with van der Waals surface area (Å²) in [5.41, 5.74) is 5.87. The number of carbonyl (C=O) groups excluding carboxylic acids is 1. The molecule has 1 amide bonds. The van der Waals surface area contributed by atoms with Gasteiger partial charge in [0.2, 0.25) is 5.91 Å². The largest absolute Gasteiger partial charge is 0.435 e. The summed E-state index contributed by atoms with van der Waals surface area (Å²) < 4.78 is 42.4. The van der Waals surface area contributed by atoms with Gasteiger partial charge in [0.25, 0.3) is 5.60 Å². The number of alkyl halides is 3. The predicted octanol–water partition coefficient (Wildman–Crippen LogP) is 4.55. The summed E-state index contributed by atoms with van der Waals surface area (Å²) in [6, 6.07) is 9.51. The topological polar surface area (TPSA) is 64.7 Å². The van der Waals surface area contributed by atoms with Gasteiger partial charge in [0.15, 0.2) is 0 Å². The van der Waals surface area contributed by atoms with Gasteiger partial charge in [0.1, 0.15) is 0 Å². The summed E-state index contributed by atoms with van der Waals surface area (Å²) in [4.78, 5) is 16.5. The zero-order valence-corrected chi connectivity index (χ0v) is 15.9. The minimum absolute atomic E-state index is 0.0427. The van der Waals surface area contributed by atoms with Crippen LogP contribution in [0.15, 0.2) is 41.6 Å². The standard InChI is InChI=1S/C21H21F3N2O2/c1-4-14-7-12(2)8-16(10-14)20(21(22,23)24)11-18(26-28-20)15-5-6-17(19(25)27)13(3)9-15/h5-10H,4,11H2,1-3H3,(H2,25,27). The Morgan fingerprint density at radius 2 is 1.93 bits per heavy atom. The van der Waals surface area contributed by atoms with Crippen molar-refractivity contribution in [2.45, 2.75) is 45.4 Å². The molecule has 1 unspecified atom stereocenters. The Kier molecular flexibility index (Phi) is 4.95. The van der Waals surface area contributed by atoms with Gasteiger partial charge in [-0.1, -0.05) is 41.9 Å². The normalized spacial score (nSPS) is 19.3. The van der Waals surface area contributed by atoms with E-state index in [9.17, 15) is 18.0 Å². The van der Waals surface area contributed by atoms with E-state index >= 15 is 0 Å².